The summed E-state index contributed by atoms with van der Waals surface area (Å²) in [6, 6.07) is 12.1. The third-order valence-electron chi connectivity index (χ3n) is 3.83. The van der Waals surface area contributed by atoms with Crippen LogP contribution in [0.2, 0.25) is 0 Å². The second-order valence-electron chi connectivity index (χ2n) is 5.94. The van der Waals surface area contributed by atoms with Gasteiger partial charge in [-0.1, -0.05) is 31.5 Å². The quantitative estimate of drug-likeness (QED) is 0.584. The Bertz CT molecular complexity index is 944. The van der Waals surface area contributed by atoms with Crippen LogP contribution in [-0.2, 0) is 14.8 Å². The highest BCUT2D eigenvalue weighted by Gasteiger charge is 2.18. The number of hydrazine groups is 1. The average molecular weight is 405 g/mol. The van der Waals surface area contributed by atoms with E-state index in [1.807, 2.05) is 6.92 Å². The highest BCUT2D eigenvalue weighted by molar-refractivity contribution is 7.92. The number of hydrogen-bond acceptors (Lipinski definition) is 5. The number of benzene rings is 2. The molecule has 0 aromatic heterocycles. The molecule has 0 bridgehead atoms. The Morgan fingerprint density at radius 2 is 1.79 bits per heavy atom. The molecule has 0 saturated carbocycles. The summed E-state index contributed by atoms with van der Waals surface area (Å²) in [4.78, 5) is 23.7. The van der Waals surface area contributed by atoms with Crippen LogP contribution in [0.5, 0.6) is 5.75 Å². The average Bonchev–Trinajstić information content (AvgIpc) is 2.70. The minimum atomic E-state index is -3.94. The van der Waals surface area contributed by atoms with E-state index in [9.17, 15) is 18.0 Å². The van der Waals surface area contributed by atoms with Gasteiger partial charge < -0.3 is 4.74 Å². The molecule has 0 aliphatic heterocycles. The summed E-state index contributed by atoms with van der Waals surface area (Å²) in [5.74, 6) is -0.550. The van der Waals surface area contributed by atoms with Crippen LogP contribution in [0.4, 0.5) is 5.69 Å². The number of rotatable bonds is 8. The van der Waals surface area contributed by atoms with Crippen molar-refractivity contribution in [2.45, 2.75) is 31.1 Å². The number of unbranched alkanes of at least 4 members (excludes halogenated alkanes) is 1. The van der Waals surface area contributed by atoms with Gasteiger partial charge in [-0.25, -0.2) is 8.42 Å². The number of carbonyl (C=O) groups excluding carboxylic acids is 2. The summed E-state index contributed by atoms with van der Waals surface area (Å²) in [5, 5.41) is 0. The van der Waals surface area contributed by atoms with Gasteiger partial charge in [-0.05, 0) is 36.8 Å². The van der Waals surface area contributed by atoms with E-state index in [2.05, 4.69) is 15.6 Å². The maximum Gasteiger partial charge on any atom is 0.269 e. The van der Waals surface area contributed by atoms with Gasteiger partial charge in [0.05, 0.1) is 17.7 Å². The van der Waals surface area contributed by atoms with Crippen LogP contribution in [0, 0.1) is 0 Å². The fourth-order valence-electron chi connectivity index (χ4n) is 2.34. The van der Waals surface area contributed by atoms with Crippen LogP contribution in [0.15, 0.2) is 53.4 Å². The normalized spacial score (nSPS) is 10.8. The number of nitrogens with one attached hydrogen (secondary N) is 3. The lowest BCUT2D eigenvalue weighted by molar-refractivity contribution is -0.121. The monoisotopic (exact) mass is 405 g/mol. The van der Waals surface area contributed by atoms with Crippen molar-refractivity contribution in [2.75, 3.05) is 11.8 Å². The Hall–Kier alpha value is -3.07. The van der Waals surface area contributed by atoms with Crippen LogP contribution < -0.4 is 20.3 Å². The van der Waals surface area contributed by atoms with Crippen molar-refractivity contribution in [2.24, 2.45) is 0 Å². The number of para-hydroxylation sites is 2. The molecule has 0 aliphatic rings. The molecule has 0 saturated heterocycles. The molecule has 9 heteroatoms. The SMILES string of the molecule is CCCCC(=O)NNC(=O)c1cccc(S(=O)(=O)Nc2ccccc2OC)c1. The van der Waals surface area contributed by atoms with Crippen LogP contribution >= 0.6 is 0 Å². The van der Waals surface area contributed by atoms with Gasteiger partial charge in [-0.2, -0.15) is 0 Å². The topological polar surface area (TPSA) is 114 Å². The number of amides is 2. The molecule has 2 amide bonds. The predicted octanol–water partition coefficient (Wildman–Crippen LogP) is 2.45. The van der Waals surface area contributed by atoms with Gasteiger partial charge in [0.15, 0.2) is 0 Å². The van der Waals surface area contributed by atoms with E-state index in [1.165, 1.54) is 31.4 Å². The highest BCUT2D eigenvalue weighted by atomic mass is 32.2. The number of hydrogen-bond donors (Lipinski definition) is 3. The number of carbonyl (C=O) groups is 2. The van der Waals surface area contributed by atoms with E-state index in [4.69, 9.17) is 4.74 Å². The van der Waals surface area contributed by atoms with E-state index >= 15 is 0 Å². The molecule has 2 aromatic carbocycles. The maximum atomic E-state index is 12.7. The molecule has 0 unspecified atom stereocenters. The summed E-state index contributed by atoms with van der Waals surface area (Å²) >= 11 is 0. The van der Waals surface area contributed by atoms with Gasteiger partial charge in [0.25, 0.3) is 15.9 Å². The van der Waals surface area contributed by atoms with Crippen molar-refractivity contribution >= 4 is 27.5 Å². The maximum absolute atomic E-state index is 12.7. The largest absolute Gasteiger partial charge is 0.495 e. The molecule has 28 heavy (non-hydrogen) atoms. The second-order valence-corrected chi connectivity index (χ2v) is 7.62. The molecule has 3 N–H and O–H groups in total. The summed E-state index contributed by atoms with van der Waals surface area (Å²) in [6.45, 7) is 1.96. The summed E-state index contributed by atoms with van der Waals surface area (Å²) < 4.78 is 32.9. The second kappa shape index (κ2) is 9.75. The van der Waals surface area contributed by atoms with Crippen molar-refractivity contribution in [1.29, 1.82) is 0 Å². The molecular weight excluding hydrogens is 382 g/mol. The Balaban J connectivity index is 2.12. The van der Waals surface area contributed by atoms with Gasteiger partial charge in [0.2, 0.25) is 5.91 Å². The highest BCUT2D eigenvalue weighted by Crippen LogP contribution is 2.26. The Morgan fingerprint density at radius 3 is 2.50 bits per heavy atom. The van der Waals surface area contributed by atoms with Crippen molar-refractivity contribution < 1.29 is 22.7 Å². The summed E-state index contributed by atoms with van der Waals surface area (Å²) in [7, 11) is -2.51. The number of anilines is 1. The fraction of sp³-hybridized carbons (Fsp3) is 0.263. The first kappa shape index (κ1) is 21.2. The fourth-order valence-corrected chi connectivity index (χ4v) is 3.45. The molecule has 0 spiro atoms. The minimum absolute atomic E-state index is 0.0941. The van der Waals surface area contributed by atoms with Crippen LogP contribution in [-0.4, -0.2) is 27.3 Å². The summed E-state index contributed by atoms with van der Waals surface area (Å²) in [6.07, 6.45) is 1.87. The van der Waals surface area contributed by atoms with Crippen molar-refractivity contribution in [3.8, 4) is 5.75 Å². The molecule has 150 valence electrons. The lowest BCUT2D eigenvalue weighted by Crippen LogP contribution is -2.41. The van der Waals surface area contributed by atoms with Crippen LogP contribution in [0.25, 0.3) is 0 Å². The third-order valence-corrected chi connectivity index (χ3v) is 5.19. The van der Waals surface area contributed by atoms with Crippen molar-refractivity contribution in [1.82, 2.24) is 10.9 Å². The van der Waals surface area contributed by atoms with Crippen molar-refractivity contribution in [3.05, 3.63) is 54.1 Å². The van der Waals surface area contributed by atoms with Crippen LogP contribution in [0.3, 0.4) is 0 Å². The van der Waals surface area contributed by atoms with Crippen LogP contribution in [0.1, 0.15) is 36.5 Å². The first-order valence-corrected chi connectivity index (χ1v) is 10.2. The molecule has 0 radical (unpaired) electrons. The first-order valence-electron chi connectivity index (χ1n) is 8.72. The first-order chi connectivity index (χ1) is 13.4. The van der Waals surface area contributed by atoms with E-state index < -0.39 is 15.9 Å². The molecule has 0 aliphatic carbocycles. The zero-order valence-electron chi connectivity index (χ0n) is 15.7. The molecular formula is C19H23N3O5S. The minimum Gasteiger partial charge on any atom is -0.495 e. The van der Waals surface area contributed by atoms with E-state index in [1.54, 1.807) is 24.3 Å². The van der Waals surface area contributed by atoms with Gasteiger partial charge in [-0.3, -0.25) is 25.2 Å². The number of methoxy groups -OCH3 is 1. The van der Waals surface area contributed by atoms with Crippen molar-refractivity contribution in [3.63, 3.8) is 0 Å². The predicted molar refractivity (Wildman–Crippen MR) is 105 cm³/mol. The number of ether oxygens (including phenoxy) is 1. The number of sulfonamides is 1. The molecule has 8 nitrogen and oxygen atoms in total. The van der Waals surface area contributed by atoms with Gasteiger partial charge in [-0.15, -0.1) is 0 Å². The summed E-state index contributed by atoms with van der Waals surface area (Å²) in [5.41, 5.74) is 4.97. The standard InChI is InChI=1S/C19H23N3O5S/c1-3-4-12-18(23)20-21-19(24)14-8-7-9-15(13-14)28(25,26)22-16-10-5-6-11-17(16)27-2/h5-11,13,22H,3-4,12H2,1-2H3,(H,20,23)(H,21,24). The molecule has 0 fully saturated rings. The van der Waals surface area contributed by atoms with Gasteiger partial charge in [0.1, 0.15) is 5.75 Å². The lowest BCUT2D eigenvalue weighted by Gasteiger charge is -2.12. The third kappa shape index (κ3) is 5.71. The van der Waals surface area contributed by atoms with E-state index in [0.29, 0.717) is 18.6 Å². The molecule has 2 rings (SSSR count). The Kier molecular flexibility index (Phi) is 7.39. The Labute approximate surface area is 164 Å². The van der Waals surface area contributed by atoms with Gasteiger partial charge in [0, 0.05) is 12.0 Å². The zero-order chi connectivity index (χ0) is 20.6. The molecule has 0 heterocycles. The van der Waals surface area contributed by atoms with Gasteiger partial charge >= 0.3 is 0 Å². The zero-order valence-corrected chi connectivity index (χ0v) is 16.5. The lowest BCUT2D eigenvalue weighted by atomic mass is 10.2. The molecule has 0 atom stereocenters. The van der Waals surface area contributed by atoms with E-state index in [0.717, 1.165) is 6.42 Å². The molecule has 2 aromatic rings. The van der Waals surface area contributed by atoms with E-state index in [-0.39, 0.29) is 22.1 Å². The Morgan fingerprint density at radius 1 is 1.04 bits per heavy atom. The smallest absolute Gasteiger partial charge is 0.269 e.